The van der Waals surface area contributed by atoms with Gasteiger partial charge in [-0.2, -0.15) is 0 Å². The lowest BCUT2D eigenvalue weighted by Crippen LogP contribution is -2.53. The van der Waals surface area contributed by atoms with E-state index < -0.39 is 0 Å². The molecule has 0 unspecified atom stereocenters. The smallest absolute Gasteiger partial charge is 0.254 e. The Kier molecular flexibility index (Phi) is 6.67. The quantitative estimate of drug-likeness (QED) is 0.696. The Labute approximate surface area is 180 Å². The van der Waals surface area contributed by atoms with Crippen LogP contribution in [0.15, 0.2) is 24.3 Å². The number of hydrogen-bond acceptors (Lipinski definition) is 3. The average Bonchev–Trinajstić information content (AvgIpc) is 3.03. The van der Waals surface area contributed by atoms with Gasteiger partial charge in [0.1, 0.15) is 0 Å². The highest BCUT2D eigenvalue weighted by molar-refractivity contribution is 8.00. The molecule has 0 saturated carbocycles. The zero-order chi connectivity index (χ0) is 21.2. The van der Waals surface area contributed by atoms with E-state index in [1.807, 2.05) is 47.9 Å². The zero-order valence-corrected chi connectivity index (χ0v) is 19.5. The maximum Gasteiger partial charge on any atom is 0.254 e. The van der Waals surface area contributed by atoms with Crippen LogP contribution in [0, 0.1) is 18.3 Å². The molecule has 1 aromatic rings. The number of carbonyl (C=O) groups excluding carboxylic acids is 2. The summed E-state index contributed by atoms with van der Waals surface area (Å²) >= 11 is 1.90. The first-order chi connectivity index (χ1) is 13.6. The number of carbonyl (C=O) groups is 2. The van der Waals surface area contributed by atoms with E-state index >= 15 is 0 Å². The number of benzene rings is 1. The topological polar surface area (TPSA) is 40.6 Å². The Bertz CT molecular complexity index is 730. The summed E-state index contributed by atoms with van der Waals surface area (Å²) in [4.78, 5) is 29.9. The third kappa shape index (κ3) is 5.36. The summed E-state index contributed by atoms with van der Waals surface area (Å²) < 4.78 is 0. The van der Waals surface area contributed by atoms with Gasteiger partial charge in [-0.05, 0) is 49.7 Å². The molecule has 5 heteroatoms. The Balaban J connectivity index is 1.60. The van der Waals surface area contributed by atoms with Crippen molar-refractivity contribution in [3.8, 4) is 0 Å². The van der Waals surface area contributed by atoms with Crippen molar-refractivity contribution in [2.24, 2.45) is 11.3 Å². The maximum atomic E-state index is 13.2. The average molecular weight is 417 g/mol. The standard InChI is InChI=1S/C24H36N2O2S/c1-18-6-8-20(9-7-18)22(28)26-14-15-29-24(26)10-12-25(13-11-24)21(27)16-19(2)17-23(3,4)5/h6-9,19H,10-17H2,1-5H3/t19-/m0/s1. The van der Waals surface area contributed by atoms with Gasteiger partial charge >= 0.3 is 0 Å². The fraction of sp³-hybridized carbons (Fsp3) is 0.667. The van der Waals surface area contributed by atoms with E-state index in [0.29, 0.717) is 12.3 Å². The number of hydrogen-bond donors (Lipinski definition) is 0. The Morgan fingerprint density at radius 3 is 2.31 bits per heavy atom. The van der Waals surface area contributed by atoms with Crippen molar-refractivity contribution >= 4 is 23.6 Å². The molecule has 2 saturated heterocycles. The summed E-state index contributed by atoms with van der Waals surface area (Å²) in [5, 5.41) is 0. The predicted molar refractivity (Wildman–Crippen MR) is 121 cm³/mol. The molecule has 0 N–H and O–H groups in total. The second-order valence-corrected chi connectivity index (χ2v) is 11.5. The molecule has 0 aromatic heterocycles. The first-order valence-electron chi connectivity index (χ1n) is 10.9. The van der Waals surface area contributed by atoms with Crippen molar-refractivity contribution < 1.29 is 9.59 Å². The Hall–Kier alpha value is -1.49. The predicted octanol–water partition coefficient (Wildman–Crippen LogP) is 4.97. The van der Waals surface area contributed by atoms with Gasteiger partial charge in [-0.25, -0.2) is 0 Å². The number of thioether (sulfide) groups is 1. The number of aryl methyl sites for hydroxylation is 1. The second kappa shape index (κ2) is 8.71. The third-order valence-electron chi connectivity index (χ3n) is 6.10. The zero-order valence-electron chi connectivity index (χ0n) is 18.7. The van der Waals surface area contributed by atoms with Crippen LogP contribution >= 0.6 is 11.8 Å². The van der Waals surface area contributed by atoms with Gasteiger partial charge in [0.25, 0.3) is 5.91 Å². The van der Waals surface area contributed by atoms with E-state index in [9.17, 15) is 9.59 Å². The minimum absolute atomic E-state index is 0.133. The largest absolute Gasteiger partial charge is 0.342 e. The van der Waals surface area contributed by atoms with Crippen molar-refractivity contribution in [1.29, 1.82) is 0 Å². The van der Waals surface area contributed by atoms with Crippen molar-refractivity contribution in [3.63, 3.8) is 0 Å². The highest BCUT2D eigenvalue weighted by atomic mass is 32.2. The molecule has 0 radical (unpaired) electrons. The molecule has 2 aliphatic rings. The van der Waals surface area contributed by atoms with Crippen LogP contribution in [0.25, 0.3) is 0 Å². The van der Waals surface area contributed by atoms with Gasteiger partial charge in [0.05, 0.1) is 4.87 Å². The van der Waals surface area contributed by atoms with Crippen molar-refractivity contribution in [2.75, 3.05) is 25.4 Å². The second-order valence-electron chi connectivity index (χ2n) is 10.1. The summed E-state index contributed by atoms with van der Waals surface area (Å²) in [5.41, 5.74) is 2.19. The molecule has 160 valence electrons. The SMILES string of the molecule is Cc1ccc(C(=O)N2CCSC23CCN(C(=O)C[C@H](C)CC(C)(C)C)CC3)cc1. The van der Waals surface area contributed by atoms with Crippen LogP contribution in [0.5, 0.6) is 0 Å². The minimum Gasteiger partial charge on any atom is -0.342 e. The first-order valence-corrected chi connectivity index (χ1v) is 11.9. The highest BCUT2D eigenvalue weighted by Crippen LogP contribution is 2.44. The number of amides is 2. The molecule has 29 heavy (non-hydrogen) atoms. The number of piperidine rings is 1. The highest BCUT2D eigenvalue weighted by Gasteiger charge is 2.47. The molecule has 1 atom stereocenters. The van der Waals surface area contributed by atoms with Crippen LogP contribution in [0.1, 0.15) is 69.3 Å². The molecule has 2 fully saturated rings. The molecule has 2 heterocycles. The monoisotopic (exact) mass is 416 g/mol. The van der Waals surface area contributed by atoms with Crippen molar-refractivity contribution in [1.82, 2.24) is 9.80 Å². The molecule has 0 bridgehead atoms. The van der Waals surface area contributed by atoms with E-state index in [4.69, 9.17) is 0 Å². The molecule has 2 aliphatic heterocycles. The van der Waals surface area contributed by atoms with E-state index in [2.05, 4.69) is 32.6 Å². The summed E-state index contributed by atoms with van der Waals surface area (Å²) in [6, 6.07) is 7.87. The van der Waals surface area contributed by atoms with E-state index in [1.54, 1.807) is 0 Å². The summed E-state index contributed by atoms with van der Waals surface area (Å²) in [6.45, 7) is 13.2. The normalized spacial score (nSPS) is 20.2. The third-order valence-corrected chi connectivity index (χ3v) is 7.66. The lowest BCUT2D eigenvalue weighted by Gasteiger charge is -2.44. The van der Waals surface area contributed by atoms with Gasteiger partial charge in [-0.1, -0.05) is 45.4 Å². The molecule has 4 nitrogen and oxygen atoms in total. The molecule has 1 spiro atoms. The molecule has 3 rings (SSSR count). The minimum atomic E-state index is -0.143. The lowest BCUT2D eigenvalue weighted by atomic mass is 9.84. The van der Waals surface area contributed by atoms with Crippen LogP contribution in [0.4, 0.5) is 0 Å². The van der Waals surface area contributed by atoms with Crippen molar-refractivity contribution in [3.05, 3.63) is 35.4 Å². The molecular formula is C24H36N2O2S. The molecule has 2 amide bonds. The van der Waals surface area contributed by atoms with Crippen LogP contribution in [0.3, 0.4) is 0 Å². The Morgan fingerprint density at radius 1 is 1.10 bits per heavy atom. The van der Waals surface area contributed by atoms with Gasteiger partial charge in [0.15, 0.2) is 0 Å². The number of likely N-dealkylation sites (tertiary alicyclic amines) is 1. The molecule has 1 aromatic carbocycles. The van der Waals surface area contributed by atoms with Gasteiger partial charge in [-0.15, -0.1) is 11.8 Å². The summed E-state index contributed by atoms with van der Waals surface area (Å²) in [6.07, 6.45) is 3.43. The van der Waals surface area contributed by atoms with E-state index in [1.165, 1.54) is 5.56 Å². The van der Waals surface area contributed by atoms with Crippen LogP contribution < -0.4 is 0 Å². The summed E-state index contributed by atoms with van der Waals surface area (Å²) in [7, 11) is 0. The fourth-order valence-corrected chi connectivity index (χ4v) is 6.27. The number of nitrogens with zero attached hydrogens (tertiary/aromatic N) is 2. The van der Waals surface area contributed by atoms with Gasteiger partial charge < -0.3 is 9.80 Å². The fourth-order valence-electron chi connectivity index (χ4n) is 4.81. The lowest BCUT2D eigenvalue weighted by molar-refractivity contribution is -0.133. The van der Waals surface area contributed by atoms with E-state index in [-0.39, 0.29) is 22.1 Å². The Morgan fingerprint density at radius 2 is 1.72 bits per heavy atom. The van der Waals surface area contributed by atoms with Crippen LogP contribution in [-0.4, -0.2) is 51.9 Å². The first kappa shape index (κ1) is 22.2. The van der Waals surface area contributed by atoms with Gasteiger partial charge in [0, 0.05) is 37.4 Å². The molecular weight excluding hydrogens is 380 g/mol. The maximum absolute atomic E-state index is 13.2. The van der Waals surface area contributed by atoms with Gasteiger partial charge in [0.2, 0.25) is 5.91 Å². The number of rotatable bonds is 4. The van der Waals surface area contributed by atoms with Gasteiger partial charge in [-0.3, -0.25) is 9.59 Å². The molecule has 0 aliphatic carbocycles. The summed E-state index contributed by atoms with van der Waals surface area (Å²) in [5.74, 6) is 1.79. The van der Waals surface area contributed by atoms with Crippen LogP contribution in [0.2, 0.25) is 0 Å². The van der Waals surface area contributed by atoms with Crippen molar-refractivity contribution in [2.45, 2.75) is 65.2 Å². The van der Waals surface area contributed by atoms with Crippen LogP contribution in [-0.2, 0) is 4.79 Å². The van der Waals surface area contributed by atoms with E-state index in [0.717, 1.165) is 50.2 Å².